The summed E-state index contributed by atoms with van der Waals surface area (Å²) in [6.45, 7) is 4.50. The van der Waals surface area contributed by atoms with E-state index in [1.54, 1.807) is 13.0 Å². The average molecular weight is 461 g/mol. The van der Waals surface area contributed by atoms with E-state index in [-0.39, 0.29) is 0 Å². The minimum absolute atomic E-state index is 0.400. The first-order valence-electron chi connectivity index (χ1n) is 11.0. The van der Waals surface area contributed by atoms with Crippen molar-refractivity contribution in [3.63, 3.8) is 0 Å². The van der Waals surface area contributed by atoms with Crippen LogP contribution in [0.15, 0.2) is 36.4 Å². The Morgan fingerprint density at radius 1 is 0.970 bits per heavy atom. The Kier molecular flexibility index (Phi) is 5.63. The summed E-state index contributed by atoms with van der Waals surface area (Å²) in [5.74, 6) is 0.146. The van der Waals surface area contributed by atoms with Gasteiger partial charge in [0.2, 0.25) is 0 Å². The van der Waals surface area contributed by atoms with Crippen molar-refractivity contribution in [3.05, 3.63) is 64.1 Å². The SMILES string of the molecule is Cc1cc(C(=O)NNC(=O)c2sc(-c3ccccc3)nc2C)c2nc3n(c2n1)CCCCC3. The predicted octanol–water partition coefficient (Wildman–Crippen LogP) is 3.97. The standard InChI is InChI=1S/C24H24N6O2S/c1-14-13-17(19-21(25-14)30-12-8-4-7-11-18(30)27-19)22(31)28-29-23(32)20-15(2)26-24(33-20)16-9-5-3-6-10-16/h3,5-6,9-10,13H,4,7-8,11-12H2,1-2H3,(H,28,31)(H,29,32). The Morgan fingerprint density at radius 2 is 1.76 bits per heavy atom. The first kappa shape index (κ1) is 21.3. The van der Waals surface area contributed by atoms with Gasteiger partial charge in [-0.25, -0.2) is 15.0 Å². The Labute approximate surface area is 195 Å². The third kappa shape index (κ3) is 4.11. The Morgan fingerprint density at radius 3 is 2.58 bits per heavy atom. The van der Waals surface area contributed by atoms with E-state index in [1.165, 1.54) is 17.8 Å². The highest BCUT2D eigenvalue weighted by Crippen LogP contribution is 2.28. The minimum Gasteiger partial charge on any atom is -0.313 e. The van der Waals surface area contributed by atoms with Crippen LogP contribution in [0.4, 0.5) is 0 Å². The third-order valence-corrected chi connectivity index (χ3v) is 6.96. The van der Waals surface area contributed by atoms with Gasteiger partial charge in [0.25, 0.3) is 11.8 Å². The Balaban J connectivity index is 1.36. The maximum Gasteiger partial charge on any atom is 0.281 e. The van der Waals surface area contributed by atoms with E-state index >= 15 is 0 Å². The molecule has 0 aliphatic carbocycles. The second-order valence-corrected chi connectivity index (χ2v) is 9.18. The lowest BCUT2D eigenvalue weighted by atomic mass is 10.2. The van der Waals surface area contributed by atoms with Crippen molar-refractivity contribution in [1.82, 2.24) is 30.4 Å². The highest BCUT2D eigenvalue weighted by molar-refractivity contribution is 7.17. The number of nitrogens with one attached hydrogen (secondary N) is 2. The molecule has 8 nitrogen and oxygen atoms in total. The summed E-state index contributed by atoms with van der Waals surface area (Å²) in [5, 5.41) is 0.760. The molecule has 0 saturated carbocycles. The fraction of sp³-hybridized carbons (Fsp3) is 0.292. The zero-order valence-corrected chi connectivity index (χ0v) is 19.3. The van der Waals surface area contributed by atoms with Crippen LogP contribution in [0.1, 0.15) is 56.5 Å². The van der Waals surface area contributed by atoms with Gasteiger partial charge in [-0.3, -0.25) is 20.4 Å². The van der Waals surface area contributed by atoms with Gasteiger partial charge in [-0.1, -0.05) is 36.8 Å². The Bertz CT molecular complexity index is 1360. The molecule has 0 radical (unpaired) electrons. The molecule has 0 fully saturated rings. The summed E-state index contributed by atoms with van der Waals surface area (Å²) in [4.78, 5) is 40.2. The van der Waals surface area contributed by atoms with Gasteiger partial charge in [-0.15, -0.1) is 11.3 Å². The summed E-state index contributed by atoms with van der Waals surface area (Å²) < 4.78 is 2.12. The number of aryl methyl sites for hydroxylation is 4. The number of aromatic nitrogens is 4. The molecule has 4 aromatic rings. The van der Waals surface area contributed by atoms with E-state index in [0.717, 1.165) is 53.5 Å². The van der Waals surface area contributed by atoms with Gasteiger partial charge < -0.3 is 4.57 Å². The van der Waals surface area contributed by atoms with Crippen LogP contribution < -0.4 is 10.9 Å². The number of pyridine rings is 1. The lowest BCUT2D eigenvalue weighted by molar-refractivity contribution is 0.0849. The number of fused-ring (bicyclic) bond motifs is 3. The van der Waals surface area contributed by atoms with Gasteiger partial charge >= 0.3 is 0 Å². The number of rotatable bonds is 3. The molecule has 2 N–H and O–H groups in total. The first-order chi connectivity index (χ1) is 16.0. The van der Waals surface area contributed by atoms with Crippen molar-refractivity contribution in [2.24, 2.45) is 0 Å². The van der Waals surface area contributed by atoms with Crippen LogP contribution in [-0.2, 0) is 13.0 Å². The number of carbonyl (C=O) groups excluding carboxylic acids is 2. The molecule has 1 aliphatic heterocycles. The van der Waals surface area contributed by atoms with Gasteiger partial charge in [-0.2, -0.15) is 0 Å². The molecule has 0 atom stereocenters. The maximum atomic E-state index is 13.0. The molecule has 5 rings (SSSR count). The lowest BCUT2D eigenvalue weighted by Crippen LogP contribution is -2.41. The molecule has 9 heteroatoms. The van der Waals surface area contributed by atoms with Crippen LogP contribution in [0.3, 0.4) is 0 Å². The number of hydrogen-bond acceptors (Lipinski definition) is 6. The topological polar surface area (TPSA) is 102 Å². The van der Waals surface area contributed by atoms with E-state index in [4.69, 9.17) is 4.98 Å². The van der Waals surface area contributed by atoms with Gasteiger partial charge in [0.05, 0.1) is 11.3 Å². The quantitative estimate of drug-likeness (QED) is 0.451. The maximum absolute atomic E-state index is 13.0. The fourth-order valence-corrected chi connectivity index (χ4v) is 5.10. The van der Waals surface area contributed by atoms with Crippen molar-refractivity contribution in [2.75, 3.05) is 0 Å². The zero-order valence-electron chi connectivity index (χ0n) is 18.5. The Hall–Kier alpha value is -3.59. The molecule has 1 aliphatic rings. The highest BCUT2D eigenvalue weighted by Gasteiger charge is 2.22. The monoisotopic (exact) mass is 460 g/mol. The first-order valence-corrected chi connectivity index (χ1v) is 11.8. The molecule has 0 spiro atoms. The molecule has 4 heterocycles. The van der Waals surface area contributed by atoms with Crippen LogP contribution in [0.2, 0.25) is 0 Å². The van der Waals surface area contributed by atoms with Crippen LogP contribution >= 0.6 is 11.3 Å². The number of imidazole rings is 1. The van der Waals surface area contributed by atoms with Crippen molar-refractivity contribution in [3.8, 4) is 10.6 Å². The van der Waals surface area contributed by atoms with E-state index < -0.39 is 11.8 Å². The van der Waals surface area contributed by atoms with Crippen molar-refractivity contribution in [1.29, 1.82) is 0 Å². The molecule has 0 unspecified atom stereocenters. The molecule has 33 heavy (non-hydrogen) atoms. The molecule has 2 amide bonds. The fourth-order valence-electron chi connectivity index (χ4n) is 4.14. The highest BCUT2D eigenvalue weighted by atomic mass is 32.1. The van der Waals surface area contributed by atoms with Crippen LogP contribution in [0.5, 0.6) is 0 Å². The predicted molar refractivity (Wildman–Crippen MR) is 127 cm³/mol. The second-order valence-electron chi connectivity index (χ2n) is 8.18. The molecule has 3 aromatic heterocycles. The number of hydrogen-bond donors (Lipinski definition) is 2. The van der Waals surface area contributed by atoms with Crippen LogP contribution in [-0.4, -0.2) is 31.3 Å². The average Bonchev–Trinajstić information content (AvgIpc) is 3.28. The summed E-state index contributed by atoms with van der Waals surface area (Å²) in [5.41, 5.74) is 9.09. The number of benzene rings is 1. The molecular weight excluding hydrogens is 436 g/mol. The second kappa shape index (κ2) is 8.74. The van der Waals surface area contributed by atoms with Crippen molar-refractivity contribution in [2.45, 2.75) is 46.1 Å². The van der Waals surface area contributed by atoms with E-state index in [1.807, 2.05) is 37.3 Å². The third-order valence-electron chi connectivity index (χ3n) is 5.75. The van der Waals surface area contributed by atoms with Crippen LogP contribution in [0.25, 0.3) is 21.7 Å². The van der Waals surface area contributed by atoms with Gasteiger partial charge in [0.1, 0.15) is 21.2 Å². The van der Waals surface area contributed by atoms with Crippen molar-refractivity contribution < 1.29 is 9.59 Å². The molecule has 0 saturated heterocycles. The zero-order chi connectivity index (χ0) is 22.9. The number of carbonyl (C=O) groups is 2. The van der Waals surface area contributed by atoms with Gasteiger partial charge in [0.15, 0.2) is 5.65 Å². The van der Waals surface area contributed by atoms with E-state index in [9.17, 15) is 9.59 Å². The van der Waals surface area contributed by atoms with E-state index in [2.05, 4.69) is 25.4 Å². The van der Waals surface area contributed by atoms with E-state index in [0.29, 0.717) is 21.7 Å². The number of thiazole rings is 1. The number of hydrazine groups is 1. The molecule has 168 valence electrons. The molecular formula is C24H24N6O2S. The summed E-state index contributed by atoms with van der Waals surface area (Å²) >= 11 is 1.29. The van der Waals surface area contributed by atoms with Gasteiger partial charge in [0, 0.05) is 24.2 Å². The van der Waals surface area contributed by atoms with Crippen molar-refractivity contribution >= 4 is 34.3 Å². The summed E-state index contributed by atoms with van der Waals surface area (Å²) in [6.07, 6.45) is 4.20. The smallest absolute Gasteiger partial charge is 0.281 e. The largest absolute Gasteiger partial charge is 0.313 e. The summed E-state index contributed by atoms with van der Waals surface area (Å²) in [6, 6.07) is 11.4. The van der Waals surface area contributed by atoms with Gasteiger partial charge in [-0.05, 0) is 32.8 Å². The molecule has 0 bridgehead atoms. The van der Waals surface area contributed by atoms with Crippen LogP contribution in [0, 0.1) is 13.8 Å². The lowest BCUT2D eigenvalue weighted by Gasteiger charge is -2.09. The number of amides is 2. The number of nitrogens with zero attached hydrogens (tertiary/aromatic N) is 4. The summed E-state index contributed by atoms with van der Waals surface area (Å²) in [7, 11) is 0. The normalized spacial score (nSPS) is 13.4. The minimum atomic E-state index is -0.419. The molecule has 1 aromatic carbocycles.